The van der Waals surface area contributed by atoms with E-state index in [4.69, 9.17) is 21.3 Å². The summed E-state index contributed by atoms with van der Waals surface area (Å²) in [6, 6.07) is 23.9. The van der Waals surface area contributed by atoms with E-state index in [1.807, 2.05) is 77.4 Å². The lowest BCUT2D eigenvalue weighted by Gasteiger charge is -2.38. The van der Waals surface area contributed by atoms with Gasteiger partial charge in [-0.3, -0.25) is 14.5 Å². The van der Waals surface area contributed by atoms with E-state index >= 15 is 0 Å². The van der Waals surface area contributed by atoms with Crippen LogP contribution < -0.4 is 4.90 Å². The first kappa shape index (κ1) is 21.2. The minimum absolute atomic E-state index is 0.175. The normalized spacial score (nSPS) is 17.8. The Morgan fingerprint density at radius 2 is 1.70 bits per heavy atom. The van der Waals surface area contributed by atoms with E-state index in [2.05, 4.69) is 0 Å². The topological polar surface area (TPSA) is 64.4 Å². The molecule has 6 nitrogen and oxygen atoms in total. The average molecular weight is 460 g/mol. The fourth-order valence-electron chi connectivity index (χ4n) is 4.46. The third kappa shape index (κ3) is 3.66. The maximum atomic E-state index is 13.9. The zero-order valence-electron chi connectivity index (χ0n) is 18.0. The zero-order chi connectivity index (χ0) is 22.9. The molecule has 2 heterocycles. The van der Waals surface area contributed by atoms with Crippen molar-refractivity contribution in [1.29, 1.82) is 0 Å². The number of halogens is 1. The number of benzene rings is 3. The standard InChI is InChI=1S/C26H22ClN3O3/c1-2-33-25(32)22-23(18-12-6-7-13-19(18)27)30-21-15-9-8-14-20(21)28-26(30)29(24(22)31)16-17-10-4-3-5-11-17/h3-15,22-23H,2,16H2,1H3/t22-,23+/m1/s1. The Labute approximate surface area is 196 Å². The number of amides is 1. The molecule has 0 radical (unpaired) electrons. The summed E-state index contributed by atoms with van der Waals surface area (Å²) in [6.45, 7) is 2.19. The number of nitrogens with zero attached hydrogens (tertiary/aromatic N) is 3. The number of anilines is 1. The number of rotatable bonds is 5. The molecule has 1 aliphatic heterocycles. The van der Waals surface area contributed by atoms with Crippen LogP contribution in [0.2, 0.25) is 5.02 Å². The first-order valence-electron chi connectivity index (χ1n) is 10.8. The number of esters is 1. The van der Waals surface area contributed by atoms with Gasteiger partial charge in [-0.25, -0.2) is 4.98 Å². The molecule has 5 rings (SSSR count). The molecule has 1 aliphatic rings. The largest absolute Gasteiger partial charge is 0.465 e. The monoisotopic (exact) mass is 459 g/mol. The van der Waals surface area contributed by atoms with Gasteiger partial charge in [0.15, 0.2) is 5.92 Å². The van der Waals surface area contributed by atoms with E-state index in [1.165, 1.54) is 0 Å². The Bertz CT molecular complexity index is 1340. The van der Waals surface area contributed by atoms with Crippen molar-refractivity contribution in [3.05, 3.63) is 95.0 Å². The summed E-state index contributed by atoms with van der Waals surface area (Å²) >= 11 is 6.59. The molecule has 0 saturated carbocycles. The lowest BCUT2D eigenvalue weighted by atomic mass is 9.89. The molecule has 166 valence electrons. The molecule has 7 heteroatoms. The molecule has 1 amide bonds. The molecule has 0 bridgehead atoms. The van der Waals surface area contributed by atoms with Gasteiger partial charge in [-0.1, -0.05) is 72.3 Å². The summed E-state index contributed by atoms with van der Waals surface area (Å²) in [4.78, 5) is 33.5. The molecule has 1 aromatic heterocycles. The van der Waals surface area contributed by atoms with Crippen molar-refractivity contribution in [2.45, 2.75) is 19.5 Å². The van der Waals surface area contributed by atoms with E-state index in [0.717, 1.165) is 16.6 Å². The van der Waals surface area contributed by atoms with E-state index in [1.54, 1.807) is 17.9 Å². The Balaban J connectivity index is 1.77. The lowest BCUT2D eigenvalue weighted by molar-refractivity contribution is -0.153. The van der Waals surface area contributed by atoms with Crippen LogP contribution in [0, 0.1) is 5.92 Å². The van der Waals surface area contributed by atoms with Gasteiger partial charge in [0, 0.05) is 5.02 Å². The zero-order valence-corrected chi connectivity index (χ0v) is 18.8. The second-order valence-corrected chi connectivity index (χ2v) is 8.28. The van der Waals surface area contributed by atoms with Gasteiger partial charge < -0.3 is 9.30 Å². The summed E-state index contributed by atoms with van der Waals surface area (Å²) in [5.41, 5.74) is 3.16. The lowest BCUT2D eigenvalue weighted by Crippen LogP contribution is -2.49. The predicted molar refractivity (Wildman–Crippen MR) is 127 cm³/mol. The summed E-state index contributed by atoms with van der Waals surface area (Å²) < 4.78 is 7.33. The molecule has 0 fully saturated rings. The van der Waals surface area contributed by atoms with E-state index in [0.29, 0.717) is 16.5 Å². The van der Waals surface area contributed by atoms with Crippen LogP contribution in [0.25, 0.3) is 11.0 Å². The third-order valence-electron chi connectivity index (χ3n) is 5.89. The first-order valence-corrected chi connectivity index (χ1v) is 11.2. The van der Waals surface area contributed by atoms with E-state index in [9.17, 15) is 9.59 Å². The van der Waals surface area contributed by atoms with Gasteiger partial charge in [0.2, 0.25) is 11.9 Å². The minimum atomic E-state index is -1.10. The molecule has 3 aromatic carbocycles. The number of para-hydroxylation sites is 2. The van der Waals surface area contributed by atoms with Crippen molar-refractivity contribution < 1.29 is 14.3 Å². The maximum absolute atomic E-state index is 13.9. The number of fused-ring (bicyclic) bond motifs is 3. The molecular weight excluding hydrogens is 438 g/mol. The van der Waals surface area contributed by atoms with Gasteiger partial charge in [0.1, 0.15) is 0 Å². The van der Waals surface area contributed by atoms with Crippen LogP contribution in [0.15, 0.2) is 78.9 Å². The number of hydrogen-bond donors (Lipinski definition) is 0. The van der Waals surface area contributed by atoms with Gasteiger partial charge >= 0.3 is 5.97 Å². The predicted octanol–water partition coefficient (Wildman–Crippen LogP) is 5.01. The Kier molecular flexibility index (Phi) is 5.60. The van der Waals surface area contributed by atoms with Crippen molar-refractivity contribution in [3.8, 4) is 0 Å². The third-order valence-corrected chi connectivity index (χ3v) is 6.24. The van der Waals surface area contributed by atoms with Crippen molar-refractivity contribution in [2.24, 2.45) is 5.92 Å². The fourth-order valence-corrected chi connectivity index (χ4v) is 4.70. The van der Waals surface area contributed by atoms with Crippen LogP contribution in [0.5, 0.6) is 0 Å². The number of carbonyl (C=O) groups excluding carboxylic acids is 2. The first-order chi connectivity index (χ1) is 16.1. The number of aromatic nitrogens is 2. The molecule has 0 aliphatic carbocycles. The highest BCUT2D eigenvalue weighted by Gasteiger charge is 2.48. The van der Waals surface area contributed by atoms with Crippen molar-refractivity contribution >= 4 is 40.5 Å². The van der Waals surface area contributed by atoms with Crippen LogP contribution in [-0.4, -0.2) is 28.0 Å². The van der Waals surface area contributed by atoms with Crippen molar-refractivity contribution in [3.63, 3.8) is 0 Å². The Morgan fingerprint density at radius 1 is 1.00 bits per heavy atom. The smallest absolute Gasteiger partial charge is 0.321 e. The van der Waals surface area contributed by atoms with Crippen LogP contribution >= 0.6 is 11.6 Å². The molecule has 4 aromatic rings. The molecule has 2 atom stereocenters. The molecule has 0 spiro atoms. The molecule has 0 N–H and O–H groups in total. The van der Waals surface area contributed by atoms with Crippen molar-refractivity contribution in [1.82, 2.24) is 9.55 Å². The highest BCUT2D eigenvalue weighted by Crippen LogP contribution is 2.43. The van der Waals surface area contributed by atoms with E-state index < -0.39 is 17.9 Å². The van der Waals surface area contributed by atoms with Gasteiger partial charge in [0.25, 0.3) is 0 Å². The molecule has 33 heavy (non-hydrogen) atoms. The van der Waals surface area contributed by atoms with E-state index in [-0.39, 0.29) is 19.1 Å². The molecule has 0 unspecified atom stereocenters. The highest BCUT2D eigenvalue weighted by molar-refractivity contribution is 6.31. The summed E-state index contributed by atoms with van der Waals surface area (Å²) in [5.74, 6) is -1.55. The van der Waals surface area contributed by atoms with Crippen molar-refractivity contribution in [2.75, 3.05) is 11.5 Å². The van der Waals surface area contributed by atoms with Crippen LogP contribution in [-0.2, 0) is 20.9 Å². The quantitative estimate of drug-likeness (QED) is 0.311. The number of carbonyl (C=O) groups is 2. The van der Waals surface area contributed by atoms with Crippen LogP contribution in [0.3, 0.4) is 0 Å². The second kappa shape index (κ2) is 8.71. The van der Waals surface area contributed by atoms with Gasteiger partial charge in [-0.05, 0) is 36.2 Å². The fraction of sp³-hybridized carbons (Fsp3) is 0.192. The summed E-state index contributed by atoms with van der Waals surface area (Å²) in [7, 11) is 0. The number of ether oxygens (including phenoxy) is 1. The minimum Gasteiger partial charge on any atom is -0.465 e. The Morgan fingerprint density at radius 3 is 2.45 bits per heavy atom. The Hall–Kier alpha value is -3.64. The summed E-state index contributed by atoms with van der Waals surface area (Å²) in [5, 5.41) is 0.477. The maximum Gasteiger partial charge on any atom is 0.321 e. The number of hydrogen-bond acceptors (Lipinski definition) is 4. The van der Waals surface area contributed by atoms with Crippen LogP contribution in [0.1, 0.15) is 24.1 Å². The second-order valence-electron chi connectivity index (χ2n) is 7.88. The van der Waals surface area contributed by atoms with Gasteiger partial charge in [-0.2, -0.15) is 0 Å². The SMILES string of the molecule is CCOC(=O)[C@H]1C(=O)N(Cc2ccccc2)c2nc3ccccc3n2[C@H]1c1ccccc1Cl. The highest BCUT2D eigenvalue weighted by atomic mass is 35.5. The molecular formula is C26H22ClN3O3. The average Bonchev–Trinajstić information content (AvgIpc) is 3.21. The molecule has 0 saturated heterocycles. The van der Waals surface area contributed by atoms with Gasteiger partial charge in [0.05, 0.1) is 30.2 Å². The summed E-state index contributed by atoms with van der Waals surface area (Å²) in [6.07, 6.45) is 0. The number of imidazole rings is 1. The van der Waals surface area contributed by atoms with Crippen LogP contribution in [0.4, 0.5) is 5.95 Å². The van der Waals surface area contributed by atoms with Gasteiger partial charge in [-0.15, -0.1) is 0 Å².